The van der Waals surface area contributed by atoms with Gasteiger partial charge in [0.25, 0.3) is 0 Å². The van der Waals surface area contributed by atoms with Crippen LogP contribution >= 0.6 is 11.6 Å². The van der Waals surface area contributed by atoms with Gasteiger partial charge in [-0.2, -0.15) is 0 Å². The molecule has 0 aliphatic rings. The monoisotopic (exact) mass is 120 g/mol. The smallest absolute Gasteiger partial charge is 0.0220 e. The highest BCUT2D eigenvalue weighted by Crippen LogP contribution is 1.79. The second-order valence-electron chi connectivity index (χ2n) is 1.53. The summed E-state index contributed by atoms with van der Waals surface area (Å²) in [7, 11) is -0.270. The van der Waals surface area contributed by atoms with Crippen LogP contribution in [0.25, 0.3) is 0 Å². The topological polar surface area (TPSA) is 0 Å². The lowest BCUT2D eigenvalue weighted by atomic mass is 11.0. The fourth-order valence-electron chi connectivity index (χ4n) is 0. The minimum absolute atomic E-state index is 0.270. The largest absolute Gasteiger partial charge is 0.0953 e. The van der Waals surface area contributed by atoms with Crippen molar-refractivity contribution < 1.29 is 0 Å². The molecule has 0 aliphatic heterocycles. The van der Waals surface area contributed by atoms with Crippen LogP contribution in [0.3, 0.4) is 0 Å². The van der Waals surface area contributed by atoms with Crippen molar-refractivity contribution in [2.24, 2.45) is 0 Å². The molecular formula is C4H9ClSi. The van der Waals surface area contributed by atoms with Gasteiger partial charge in [-0.05, 0) is 11.6 Å². The van der Waals surface area contributed by atoms with Crippen LogP contribution in [0.15, 0.2) is 0 Å². The zero-order valence-corrected chi connectivity index (χ0v) is 6.13. The summed E-state index contributed by atoms with van der Waals surface area (Å²) in [6, 6.07) is 0. The van der Waals surface area contributed by atoms with Crippen LogP contribution in [0, 0.1) is 0 Å². The molecule has 0 unspecified atom stereocenters. The molecule has 0 aromatic carbocycles. The van der Waals surface area contributed by atoms with Gasteiger partial charge in [0.1, 0.15) is 0 Å². The zero-order valence-electron chi connectivity index (χ0n) is 4.38. The number of hydrogen-bond donors (Lipinski definition) is 0. The average Bonchev–Trinajstić information content (AvgIpc) is 1.36. The minimum atomic E-state index is -0.270. The van der Waals surface area contributed by atoms with Crippen molar-refractivity contribution in [2.75, 3.05) is 0 Å². The van der Waals surface area contributed by atoms with E-state index in [1.54, 1.807) is 0 Å². The molecule has 0 spiro atoms. The first kappa shape index (κ1) is 6.38. The van der Waals surface area contributed by atoms with E-state index in [0.29, 0.717) is 0 Å². The molecule has 36 valence electrons. The van der Waals surface area contributed by atoms with Crippen molar-refractivity contribution in [3.63, 3.8) is 0 Å². The summed E-state index contributed by atoms with van der Waals surface area (Å²) in [6.07, 6.45) is 0. The third-order valence-corrected chi connectivity index (χ3v) is 3.20. The summed E-state index contributed by atoms with van der Waals surface area (Å²) in [5.74, 6) is 0. The van der Waals surface area contributed by atoms with E-state index in [9.17, 15) is 0 Å². The Kier molecular flexibility index (Phi) is 2.69. The molecule has 0 saturated heterocycles. The summed E-state index contributed by atoms with van der Waals surface area (Å²) in [6.45, 7) is 6.32. The SMILES string of the molecule is CC(Cl)=[Si](C)C. The second-order valence-corrected chi connectivity index (χ2v) is 5.17. The Morgan fingerprint density at radius 3 is 1.67 bits per heavy atom. The first-order valence-corrected chi connectivity index (χ1v) is 4.82. The van der Waals surface area contributed by atoms with Crippen molar-refractivity contribution in [3.05, 3.63) is 0 Å². The van der Waals surface area contributed by atoms with E-state index in [4.69, 9.17) is 11.6 Å². The van der Waals surface area contributed by atoms with E-state index in [1.165, 1.54) is 0 Å². The molecule has 0 fully saturated rings. The molecule has 0 aliphatic carbocycles. The Hall–Kier alpha value is 0.377. The van der Waals surface area contributed by atoms with E-state index < -0.39 is 0 Å². The molecule has 0 radical (unpaired) electrons. The normalized spacial score (nSPS) is 8.00. The molecule has 2 heteroatoms. The maximum atomic E-state index is 5.57. The fraction of sp³-hybridized carbons (Fsp3) is 0.750. The molecule has 0 N–H and O–H groups in total. The Labute approximate surface area is 45.4 Å². The first-order chi connectivity index (χ1) is 2.64. The zero-order chi connectivity index (χ0) is 5.15. The maximum Gasteiger partial charge on any atom is 0.0220 e. The van der Waals surface area contributed by atoms with Crippen molar-refractivity contribution in [1.82, 2.24) is 0 Å². The molecular weight excluding hydrogens is 112 g/mol. The quantitative estimate of drug-likeness (QED) is 0.427. The summed E-state index contributed by atoms with van der Waals surface area (Å²) in [4.78, 5) is 0. The van der Waals surface area contributed by atoms with Crippen LogP contribution in [0.2, 0.25) is 13.1 Å². The molecule has 0 bridgehead atoms. The molecule has 0 rings (SSSR count). The third kappa shape index (κ3) is 2.61. The van der Waals surface area contributed by atoms with Crippen LogP contribution in [0.4, 0.5) is 0 Å². The molecule has 0 nitrogen and oxygen atoms in total. The van der Waals surface area contributed by atoms with Crippen LogP contribution < -0.4 is 0 Å². The molecule has 0 aromatic heterocycles. The van der Waals surface area contributed by atoms with Crippen LogP contribution in [0.1, 0.15) is 6.92 Å². The summed E-state index contributed by atoms with van der Waals surface area (Å²) in [5.41, 5.74) is 0. The van der Waals surface area contributed by atoms with Gasteiger partial charge >= 0.3 is 0 Å². The molecule has 0 saturated carbocycles. The highest BCUT2D eigenvalue weighted by molar-refractivity contribution is 6.91. The predicted molar refractivity (Wildman–Crippen MR) is 34.0 cm³/mol. The molecule has 0 atom stereocenters. The van der Waals surface area contributed by atoms with Crippen molar-refractivity contribution in [2.45, 2.75) is 20.0 Å². The van der Waals surface area contributed by atoms with E-state index in [2.05, 4.69) is 13.1 Å². The van der Waals surface area contributed by atoms with Crippen LogP contribution in [-0.2, 0) is 0 Å². The van der Waals surface area contributed by atoms with Crippen molar-refractivity contribution in [3.8, 4) is 0 Å². The van der Waals surface area contributed by atoms with Crippen molar-refractivity contribution in [1.29, 1.82) is 0 Å². The summed E-state index contributed by atoms with van der Waals surface area (Å²) >= 11 is 5.57. The lowest BCUT2D eigenvalue weighted by Crippen LogP contribution is -1.94. The lowest BCUT2D eigenvalue weighted by molar-refractivity contribution is 2.02. The molecule has 6 heavy (non-hydrogen) atoms. The van der Waals surface area contributed by atoms with Crippen molar-refractivity contribution >= 4 is 24.6 Å². The molecule has 0 heterocycles. The second kappa shape index (κ2) is 2.53. The maximum absolute atomic E-state index is 5.57. The fourth-order valence-corrected chi connectivity index (χ4v) is 0. The van der Waals surface area contributed by atoms with Gasteiger partial charge in [0.15, 0.2) is 0 Å². The van der Waals surface area contributed by atoms with E-state index in [-0.39, 0.29) is 8.41 Å². The van der Waals surface area contributed by atoms with E-state index in [0.717, 1.165) is 4.63 Å². The predicted octanol–water partition coefficient (Wildman–Crippen LogP) is 1.71. The summed E-state index contributed by atoms with van der Waals surface area (Å²) in [5, 5.41) is 0. The summed E-state index contributed by atoms with van der Waals surface area (Å²) < 4.78 is 1.08. The number of hydrogen-bond acceptors (Lipinski definition) is 0. The highest BCUT2D eigenvalue weighted by Gasteiger charge is 1.80. The minimum Gasteiger partial charge on any atom is -0.0953 e. The van der Waals surface area contributed by atoms with Gasteiger partial charge in [-0.25, -0.2) is 0 Å². The van der Waals surface area contributed by atoms with Gasteiger partial charge in [-0.15, -0.1) is 0 Å². The van der Waals surface area contributed by atoms with Gasteiger partial charge in [0.2, 0.25) is 0 Å². The van der Waals surface area contributed by atoms with Crippen LogP contribution in [-0.4, -0.2) is 13.0 Å². The first-order valence-electron chi connectivity index (χ1n) is 1.94. The van der Waals surface area contributed by atoms with E-state index >= 15 is 0 Å². The van der Waals surface area contributed by atoms with E-state index in [1.807, 2.05) is 6.92 Å². The Bertz CT molecular complexity index is 57.6. The Balaban J connectivity index is 3.68. The van der Waals surface area contributed by atoms with Gasteiger partial charge < -0.3 is 0 Å². The number of rotatable bonds is 0. The number of halogens is 1. The lowest BCUT2D eigenvalue weighted by Gasteiger charge is -1.83. The highest BCUT2D eigenvalue weighted by atomic mass is 35.5. The van der Waals surface area contributed by atoms with Gasteiger partial charge in [0, 0.05) is 8.41 Å². The molecule has 0 amide bonds. The standard InChI is InChI=1S/C4H9ClSi/c1-4(5)6(2)3/h1-3H3. The Morgan fingerprint density at radius 2 is 1.67 bits per heavy atom. The van der Waals surface area contributed by atoms with Crippen LogP contribution in [0.5, 0.6) is 0 Å². The van der Waals surface area contributed by atoms with Gasteiger partial charge in [-0.3, -0.25) is 0 Å². The molecule has 0 aromatic rings. The average molecular weight is 121 g/mol. The Morgan fingerprint density at radius 1 is 1.50 bits per heavy atom. The third-order valence-electron chi connectivity index (χ3n) is 0.689. The van der Waals surface area contributed by atoms with Gasteiger partial charge in [-0.1, -0.05) is 24.7 Å². The van der Waals surface area contributed by atoms with Gasteiger partial charge in [0.05, 0.1) is 0 Å².